The largest absolute Gasteiger partial charge is 0.456 e. The number of furan rings is 1. The summed E-state index contributed by atoms with van der Waals surface area (Å²) < 4.78 is 9.06. The number of pyridine rings is 1. The second kappa shape index (κ2) is 9.55. The molecule has 0 atom stereocenters. The Kier molecular flexibility index (Phi) is 5.37. The van der Waals surface area contributed by atoms with Gasteiger partial charge in [0.25, 0.3) is 0 Å². The molecule has 3 heterocycles. The van der Waals surface area contributed by atoms with Crippen LogP contribution in [-0.4, -0.2) is 4.98 Å². The molecule has 9 aromatic rings. The van der Waals surface area contributed by atoms with Crippen LogP contribution in [0.15, 0.2) is 150 Å². The van der Waals surface area contributed by atoms with Crippen LogP contribution in [0, 0.1) is 0 Å². The van der Waals surface area contributed by atoms with Crippen LogP contribution in [0.3, 0.4) is 0 Å². The molecule has 0 aliphatic rings. The Morgan fingerprint density at radius 2 is 1.21 bits per heavy atom. The standard InChI is InChI=1S/C39H24N2OS/c1-2-7-25(8-3-1)26-12-14-28(15-13-26)41(29-17-19-39-34(22-29)32-10-4-5-11-38(32)43-39)30-16-18-31-33-24-35-27(9-6-20-40-35)21-36(33)42-37(31)23-30/h1-24H. The first kappa shape index (κ1) is 24.2. The van der Waals surface area contributed by atoms with Crippen molar-refractivity contribution in [3.63, 3.8) is 0 Å². The highest BCUT2D eigenvalue weighted by Gasteiger charge is 2.17. The van der Waals surface area contributed by atoms with Gasteiger partial charge in [0.2, 0.25) is 0 Å². The minimum Gasteiger partial charge on any atom is -0.456 e. The molecule has 4 heteroatoms. The highest BCUT2D eigenvalue weighted by atomic mass is 32.1. The highest BCUT2D eigenvalue weighted by Crippen LogP contribution is 2.42. The number of thiophene rings is 1. The van der Waals surface area contributed by atoms with E-state index in [2.05, 4.69) is 143 Å². The van der Waals surface area contributed by atoms with E-state index in [1.807, 2.05) is 23.6 Å². The average molecular weight is 569 g/mol. The van der Waals surface area contributed by atoms with Crippen LogP contribution < -0.4 is 4.90 Å². The van der Waals surface area contributed by atoms with Gasteiger partial charge in [0, 0.05) is 65.7 Å². The number of rotatable bonds is 4. The molecule has 6 aromatic carbocycles. The van der Waals surface area contributed by atoms with Crippen molar-refractivity contribution >= 4 is 81.4 Å². The van der Waals surface area contributed by atoms with Crippen LogP contribution in [0.4, 0.5) is 17.1 Å². The van der Waals surface area contributed by atoms with E-state index < -0.39 is 0 Å². The van der Waals surface area contributed by atoms with Crippen LogP contribution in [0.25, 0.3) is 64.1 Å². The summed E-state index contributed by atoms with van der Waals surface area (Å²) >= 11 is 1.84. The number of aromatic nitrogens is 1. The van der Waals surface area contributed by atoms with Crippen molar-refractivity contribution in [1.29, 1.82) is 0 Å². The monoisotopic (exact) mass is 568 g/mol. The summed E-state index contributed by atoms with van der Waals surface area (Å²) in [5, 5.41) is 5.80. The van der Waals surface area contributed by atoms with Gasteiger partial charge in [0.05, 0.1) is 5.52 Å². The molecule has 3 aromatic heterocycles. The molecule has 9 rings (SSSR count). The molecule has 0 spiro atoms. The van der Waals surface area contributed by atoms with Crippen molar-refractivity contribution in [3.05, 3.63) is 146 Å². The average Bonchev–Trinajstić information content (AvgIpc) is 3.61. The van der Waals surface area contributed by atoms with Crippen LogP contribution in [0.1, 0.15) is 0 Å². The normalized spacial score (nSPS) is 11.7. The third kappa shape index (κ3) is 3.99. The molecule has 3 nitrogen and oxygen atoms in total. The maximum absolute atomic E-state index is 6.46. The van der Waals surface area contributed by atoms with E-state index in [0.717, 1.165) is 49.9 Å². The minimum atomic E-state index is 0.857. The van der Waals surface area contributed by atoms with Crippen molar-refractivity contribution in [1.82, 2.24) is 4.98 Å². The molecule has 0 saturated heterocycles. The number of benzene rings is 6. The molecule has 0 unspecified atom stereocenters. The van der Waals surface area contributed by atoms with Crippen molar-refractivity contribution < 1.29 is 4.42 Å². The number of hydrogen-bond acceptors (Lipinski definition) is 4. The van der Waals surface area contributed by atoms with Crippen molar-refractivity contribution in [3.8, 4) is 11.1 Å². The number of hydrogen-bond donors (Lipinski definition) is 0. The Morgan fingerprint density at radius 1 is 0.488 bits per heavy atom. The molecular formula is C39H24N2OS. The van der Waals surface area contributed by atoms with E-state index in [1.165, 1.54) is 31.3 Å². The van der Waals surface area contributed by atoms with Crippen LogP contribution in [-0.2, 0) is 0 Å². The van der Waals surface area contributed by atoms with E-state index in [9.17, 15) is 0 Å². The van der Waals surface area contributed by atoms with E-state index in [1.54, 1.807) is 0 Å². The Hall–Kier alpha value is -5.45. The van der Waals surface area contributed by atoms with E-state index in [-0.39, 0.29) is 0 Å². The number of fused-ring (bicyclic) bond motifs is 7. The highest BCUT2D eigenvalue weighted by molar-refractivity contribution is 7.25. The molecule has 0 aliphatic heterocycles. The zero-order valence-electron chi connectivity index (χ0n) is 23.1. The van der Waals surface area contributed by atoms with Gasteiger partial charge in [-0.05, 0) is 77.9 Å². The van der Waals surface area contributed by atoms with Gasteiger partial charge >= 0.3 is 0 Å². The lowest BCUT2D eigenvalue weighted by Gasteiger charge is -2.26. The molecule has 0 N–H and O–H groups in total. The topological polar surface area (TPSA) is 29.3 Å². The third-order valence-corrected chi connectivity index (χ3v) is 9.44. The summed E-state index contributed by atoms with van der Waals surface area (Å²) in [5.74, 6) is 0. The fourth-order valence-corrected chi connectivity index (χ4v) is 7.29. The second-order valence-corrected chi connectivity index (χ2v) is 11.9. The Balaban J connectivity index is 1.23. The SMILES string of the molecule is c1ccc(-c2ccc(N(c3ccc4c(c3)oc3cc5cccnc5cc34)c3ccc4sc5ccccc5c4c3)cc2)cc1. The van der Waals surface area contributed by atoms with Gasteiger partial charge < -0.3 is 9.32 Å². The smallest absolute Gasteiger partial charge is 0.137 e. The summed E-state index contributed by atoms with van der Waals surface area (Å²) in [7, 11) is 0. The van der Waals surface area contributed by atoms with Crippen molar-refractivity contribution in [2.75, 3.05) is 4.90 Å². The molecule has 0 bridgehead atoms. The summed E-state index contributed by atoms with van der Waals surface area (Å²) in [6.45, 7) is 0. The first-order chi connectivity index (χ1) is 21.3. The van der Waals surface area contributed by atoms with Crippen molar-refractivity contribution in [2.24, 2.45) is 0 Å². The van der Waals surface area contributed by atoms with Gasteiger partial charge in [-0.15, -0.1) is 11.3 Å². The zero-order valence-corrected chi connectivity index (χ0v) is 23.9. The van der Waals surface area contributed by atoms with Gasteiger partial charge in [0.1, 0.15) is 11.2 Å². The predicted octanol–water partition coefficient (Wildman–Crippen LogP) is 11.6. The fourth-order valence-electron chi connectivity index (χ4n) is 6.20. The molecule has 43 heavy (non-hydrogen) atoms. The third-order valence-electron chi connectivity index (χ3n) is 8.29. The molecule has 202 valence electrons. The second-order valence-electron chi connectivity index (χ2n) is 10.9. The lowest BCUT2D eigenvalue weighted by molar-refractivity contribution is 0.669. The molecule has 0 saturated carbocycles. The van der Waals surface area contributed by atoms with E-state index in [0.29, 0.717) is 0 Å². The zero-order chi connectivity index (χ0) is 28.3. The van der Waals surface area contributed by atoms with Crippen LogP contribution in [0.2, 0.25) is 0 Å². The molecule has 0 fully saturated rings. The number of anilines is 3. The van der Waals surface area contributed by atoms with Gasteiger partial charge in [-0.3, -0.25) is 4.98 Å². The lowest BCUT2D eigenvalue weighted by Crippen LogP contribution is -2.09. The Labute approximate surface area is 251 Å². The molecule has 0 aliphatic carbocycles. The predicted molar refractivity (Wildman–Crippen MR) is 182 cm³/mol. The van der Waals surface area contributed by atoms with Crippen LogP contribution in [0.5, 0.6) is 0 Å². The molecule has 0 radical (unpaired) electrons. The summed E-state index contributed by atoms with van der Waals surface area (Å²) in [6.07, 6.45) is 1.84. The number of nitrogens with zero attached hydrogens (tertiary/aromatic N) is 2. The molecule has 0 amide bonds. The maximum atomic E-state index is 6.46. The summed E-state index contributed by atoms with van der Waals surface area (Å²) in [6, 6.07) is 49.6. The van der Waals surface area contributed by atoms with Gasteiger partial charge in [0.15, 0.2) is 0 Å². The Morgan fingerprint density at radius 3 is 2.12 bits per heavy atom. The van der Waals surface area contributed by atoms with Gasteiger partial charge in [-0.1, -0.05) is 66.7 Å². The van der Waals surface area contributed by atoms with Gasteiger partial charge in [-0.2, -0.15) is 0 Å². The maximum Gasteiger partial charge on any atom is 0.137 e. The minimum absolute atomic E-state index is 0.857. The van der Waals surface area contributed by atoms with Gasteiger partial charge in [-0.25, -0.2) is 0 Å². The lowest BCUT2D eigenvalue weighted by atomic mass is 10.0. The summed E-state index contributed by atoms with van der Waals surface area (Å²) in [4.78, 5) is 6.89. The first-order valence-electron chi connectivity index (χ1n) is 14.4. The van der Waals surface area contributed by atoms with E-state index >= 15 is 0 Å². The molecular weight excluding hydrogens is 545 g/mol. The quantitative estimate of drug-likeness (QED) is 0.211. The first-order valence-corrected chi connectivity index (χ1v) is 15.2. The Bertz CT molecular complexity index is 2460. The van der Waals surface area contributed by atoms with Crippen molar-refractivity contribution in [2.45, 2.75) is 0 Å². The van der Waals surface area contributed by atoms with Crippen LogP contribution >= 0.6 is 11.3 Å². The fraction of sp³-hybridized carbons (Fsp3) is 0. The van der Waals surface area contributed by atoms with E-state index in [4.69, 9.17) is 4.42 Å². The summed E-state index contributed by atoms with van der Waals surface area (Å²) in [5.41, 5.74) is 8.33.